The number of hydrogen-bond acceptors (Lipinski definition) is 6. The minimum atomic E-state index is 0.631. The first-order valence-electron chi connectivity index (χ1n) is 12.2. The van der Waals surface area contributed by atoms with E-state index in [2.05, 4.69) is 52.4 Å². The Labute approximate surface area is 206 Å². The van der Waals surface area contributed by atoms with Crippen LogP contribution in [-0.2, 0) is 11.2 Å². The van der Waals surface area contributed by atoms with E-state index in [0.717, 1.165) is 53.8 Å². The summed E-state index contributed by atoms with van der Waals surface area (Å²) in [6, 6.07) is 19.2. The second kappa shape index (κ2) is 11.0. The van der Waals surface area contributed by atoms with Gasteiger partial charge in [-0.25, -0.2) is 9.97 Å². The second-order valence-electron chi connectivity index (χ2n) is 9.00. The van der Waals surface area contributed by atoms with Crippen LogP contribution in [0.15, 0.2) is 59.6 Å². The fraction of sp³-hybridized carbons (Fsp3) is 0.393. The lowest BCUT2D eigenvalue weighted by molar-refractivity contribution is 0.122. The average Bonchev–Trinajstić information content (AvgIpc) is 2.91. The van der Waals surface area contributed by atoms with Gasteiger partial charge in [0.05, 0.1) is 24.5 Å². The predicted molar refractivity (Wildman–Crippen MR) is 137 cm³/mol. The van der Waals surface area contributed by atoms with E-state index in [1.54, 1.807) is 0 Å². The van der Waals surface area contributed by atoms with Crippen LogP contribution in [0.1, 0.15) is 49.1 Å². The number of morpholine rings is 1. The number of ether oxygens (including phenoxy) is 1. The van der Waals surface area contributed by atoms with Gasteiger partial charge in [-0.3, -0.25) is 0 Å². The van der Waals surface area contributed by atoms with Crippen molar-refractivity contribution >= 4 is 17.4 Å². The molecule has 0 unspecified atom stereocenters. The standard InChI is InChI=1S/C28H30N4OS/c29-20-23-19-22(8-11-27(23)34-25-4-2-1-3-5-25)26-12-13-30-28(31-26)18-21-6-9-24(10-7-21)32-14-16-33-17-15-32/h6-13,19,25H,1-5,14-18H2. The molecule has 2 fully saturated rings. The van der Waals surface area contributed by atoms with E-state index in [-0.39, 0.29) is 0 Å². The lowest BCUT2D eigenvalue weighted by Crippen LogP contribution is -2.36. The second-order valence-corrected chi connectivity index (χ2v) is 10.3. The quantitative estimate of drug-likeness (QED) is 0.449. The summed E-state index contributed by atoms with van der Waals surface area (Å²) in [6.45, 7) is 3.45. The molecule has 2 heterocycles. The van der Waals surface area contributed by atoms with Crippen molar-refractivity contribution in [3.05, 3.63) is 71.7 Å². The Morgan fingerprint density at radius 3 is 2.56 bits per heavy atom. The summed E-state index contributed by atoms with van der Waals surface area (Å²) in [7, 11) is 0. The van der Waals surface area contributed by atoms with Gasteiger partial charge in [0.15, 0.2) is 0 Å². The maximum atomic E-state index is 9.78. The van der Waals surface area contributed by atoms with Crippen LogP contribution in [0.4, 0.5) is 5.69 Å². The number of thioether (sulfide) groups is 1. The van der Waals surface area contributed by atoms with Gasteiger partial charge in [-0.2, -0.15) is 5.26 Å². The largest absolute Gasteiger partial charge is 0.378 e. The lowest BCUT2D eigenvalue weighted by Gasteiger charge is -2.28. The zero-order valence-electron chi connectivity index (χ0n) is 19.4. The molecular weight excluding hydrogens is 440 g/mol. The van der Waals surface area contributed by atoms with E-state index in [4.69, 9.17) is 9.72 Å². The number of benzene rings is 2. The Hall–Kier alpha value is -2.88. The molecule has 2 aromatic carbocycles. The van der Waals surface area contributed by atoms with Crippen molar-refractivity contribution in [2.24, 2.45) is 0 Å². The number of hydrogen-bond donors (Lipinski definition) is 0. The Morgan fingerprint density at radius 2 is 1.79 bits per heavy atom. The third kappa shape index (κ3) is 5.60. The molecule has 1 aromatic heterocycles. The van der Waals surface area contributed by atoms with Gasteiger partial charge < -0.3 is 9.64 Å². The minimum Gasteiger partial charge on any atom is -0.378 e. The van der Waals surface area contributed by atoms with E-state index < -0.39 is 0 Å². The molecule has 5 nitrogen and oxygen atoms in total. The fourth-order valence-electron chi connectivity index (χ4n) is 4.72. The maximum absolute atomic E-state index is 9.78. The van der Waals surface area contributed by atoms with E-state index in [1.807, 2.05) is 30.1 Å². The minimum absolute atomic E-state index is 0.631. The summed E-state index contributed by atoms with van der Waals surface area (Å²) in [4.78, 5) is 12.8. The average molecular weight is 471 g/mol. The van der Waals surface area contributed by atoms with Crippen LogP contribution in [-0.4, -0.2) is 41.5 Å². The first-order valence-corrected chi connectivity index (χ1v) is 13.1. The van der Waals surface area contributed by atoms with Gasteiger partial charge in [0.2, 0.25) is 0 Å². The van der Waals surface area contributed by atoms with Crippen LogP contribution in [0.25, 0.3) is 11.3 Å². The summed E-state index contributed by atoms with van der Waals surface area (Å²) in [6.07, 6.45) is 8.94. The number of aromatic nitrogens is 2. The van der Waals surface area contributed by atoms with Crippen molar-refractivity contribution in [3.8, 4) is 17.3 Å². The molecule has 5 rings (SSSR count). The van der Waals surface area contributed by atoms with Crippen LogP contribution in [0.3, 0.4) is 0 Å². The van der Waals surface area contributed by atoms with Crippen LogP contribution >= 0.6 is 11.8 Å². The third-order valence-electron chi connectivity index (χ3n) is 6.62. The van der Waals surface area contributed by atoms with Crippen LogP contribution in [0.2, 0.25) is 0 Å². The van der Waals surface area contributed by atoms with E-state index in [0.29, 0.717) is 11.7 Å². The van der Waals surface area contributed by atoms with E-state index in [1.165, 1.54) is 43.4 Å². The van der Waals surface area contributed by atoms with Gasteiger partial charge in [0, 0.05) is 47.1 Å². The van der Waals surface area contributed by atoms with Crippen LogP contribution in [0.5, 0.6) is 0 Å². The molecule has 174 valence electrons. The number of rotatable bonds is 6. The Kier molecular flexibility index (Phi) is 7.43. The maximum Gasteiger partial charge on any atom is 0.133 e. The smallest absolute Gasteiger partial charge is 0.133 e. The van der Waals surface area contributed by atoms with Crippen molar-refractivity contribution in [3.63, 3.8) is 0 Å². The normalized spacial score (nSPS) is 16.9. The molecule has 2 aliphatic rings. The lowest BCUT2D eigenvalue weighted by atomic mass is 10.0. The third-order valence-corrected chi connectivity index (χ3v) is 8.04. The van der Waals surface area contributed by atoms with Crippen LogP contribution in [0, 0.1) is 11.3 Å². The fourth-order valence-corrected chi connectivity index (χ4v) is 6.02. The Morgan fingerprint density at radius 1 is 1.00 bits per heavy atom. The highest BCUT2D eigenvalue weighted by molar-refractivity contribution is 8.00. The molecule has 34 heavy (non-hydrogen) atoms. The molecule has 0 radical (unpaired) electrons. The molecule has 0 spiro atoms. The zero-order valence-corrected chi connectivity index (χ0v) is 20.3. The molecule has 1 saturated heterocycles. The molecule has 6 heteroatoms. The summed E-state index contributed by atoms with van der Waals surface area (Å²) in [5.74, 6) is 0.788. The molecular formula is C28H30N4OS. The first kappa shape index (κ1) is 22.9. The molecule has 0 amide bonds. The number of nitrogens with zero attached hydrogens (tertiary/aromatic N) is 4. The molecule has 1 aliphatic carbocycles. The van der Waals surface area contributed by atoms with E-state index >= 15 is 0 Å². The summed E-state index contributed by atoms with van der Waals surface area (Å²) in [5.41, 5.74) is 4.99. The zero-order chi connectivity index (χ0) is 23.2. The van der Waals surface area contributed by atoms with Gasteiger partial charge in [-0.05, 0) is 48.7 Å². The van der Waals surface area contributed by atoms with Crippen LogP contribution < -0.4 is 4.90 Å². The molecule has 0 bridgehead atoms. The highest BCUT2D eigenvalue weighted by Gasteiger charge is 2.17. The van der Waals surface area contributed by atoms with Gasteiger partial charge in [0.1, 0.15) is 11.9 Å². The van der Waals surface area contributed by atoms with E-state index in [9.17, 15) is 5.26 Å². The van der Waals surface area contributed by atoms with Crippen molar-refractivity contribution < 1.29 is 4.74 Å². The number of nitriles is 1. The van der Waals surface area contributed by atoms with Crippen molar-refractivity contribution in [1.29, 1.82) is 5.26 Å². The van der Waals surface area contributed by atoms with Gasteiger partial charge >= 0.3 is 0 Å². The molecule has 3 aromatic rings. The highest BCUT2D eigenvalue weighted by Crippen LogP contribution is 2.36. The van der Waals surface area contributed by atoms with Gasteiger partial charge in [-0.15, -0.1) is 11.8 Å². The molecule has 0 N–H and O–H groups in total. The molecule has 0 atom stereocenters. The van der Waals surface area contributed by atoms with Crippen molar-refractivity contribution in [1.82, 2.24) is 9.97 Å². The van der Waals surface area contributed by atoms with Crippen molar-refractivity contribution in [2.45, 2.75) is 48.7 Å². The Bertz CT molecular complexity index is 1150. The summed E-state index contributed by atoms with van der Waals surface area (Å²) < 4.78 is 5.45. The highest BCUT2D eigenvalue weighted by atomic mass is 32.2. The molecule has 1 saturated carbocycles. The summed E-state index contributed by atoms with van der Waals surface area (Å²) in [5, 5.41) is 10.4. The monoisotopic (exact) mass is 470 g/mol. The van der Waals surface area contributed by atoms with Crippen molar-refractivity contribution in [2.75, 3.05) is 31.2 Å². The first-order chi connectivity index (χ1) is 16.8. The Balaban J connectivity index is 1.29. The predicted octanol–water partition coefficient (Wildman–Crippen LogP) is 5.87. The summed E-state index contributed by atoms with van der Waals surface area (Å²) >= 11 is 1.87. The number of anilines is 1. The van der Waals surface area contributed by atoms with Gasteiger partial charge in [0.25, 0.3) is 0 Å². The molecule has 1 aliphatic heterocycles. The topological polar surface area (TPSA) is 62.0 Å². The van der Waals surface area contributed by atoms with Gasteiger partial charge in [-0.1, -0.05) is 37.5 Å². The SMILES string of the molecule is N#Cc1cc(-c2ccnc(Cc3ccc(N4CCOCC4)cc3)n2)ccc1SC1CCCCC1.